The largest absolute Gasteiger partial charge is 0.497 e. The maximum absolute atomic E-state index is 14.8. The Morgan fingerprint density at radius 1 is 1.02 bits per heavy atom. The summed E-state index contributed by atoms with van der Waals surface area (Å²) in [6.45, 7) is 2.82. The molecule has 1 amide bonds. The molecule has 5 aromatic rings. The number of nitrogens with zero attached hydrogens (tertiary/aromatic N) is 4. The Balaban J connectivity index is 1.43. The van der Waals surface area contributed by atoms with E-state index < -0.39 is 17.0 Å². The number of carbonyl (C=O) groups excluding carboxylic acids is 1. The van der Waals surface area contributed by atoms with Crippen molar-refractivity contribution in [2.75, 3.05) is 33.1 Å². The Hall–Kier alpha value is -5.19. The van der Waals surface area contributed by atoms with Crippen LogP contribution in [0.4, 0.5) is 20.3 Å². The average Bonchev–Trinajstić information content (AvgIpc) is 3.48. The smallest absolute Gasteiger partial charge is 0.232 e. The van der Waals surface area contributed by atoms with Gasteiger partial charge in [0, 0.05) is 37.1 Å². The lowest BCUT2D eigenvalue weighted by Gasteiger charge is -2.23. The van der Waals surface area contributed by atoms with Crippen molar-refractivity contribution in [3.63, 3.8) is 0 Å². The average molecular weight is 600 g/mol. The van der Waals surface area contributed by atoms with E-state index in [1.54, 1.807) is 61.2 Å². The highest BCUT2D eigenvalue weighted by Gasteiger charge is 2.42. The fourth-order valence-corrected chi connectivity index (χ4v) is 5.69. The lowest BCUT2D eigenvalue weighted by molar-refractivity contribution is -0.130. The van der Waals surface area contributed by atoms with Crippen molar-refractivity contribution < 1.29 is 28.2 Å². The summed E-state index contributed by atoms with van der Waals surface area (Å²) in [7, 11) is 4.89. The predicted octanol–water partition coefficient (Wildman–Crippen LogP) is 6.01. The Bertz CT molecular complexity index is 1870. The molecule has 9 nitrogen and oxygen atoms in total. The number of methoxy groups -OCH3 is 2. The van der Waals surface area contributed by atoms with Gasteiger partial charge in [-0.05, 0) is 55.3 Å². The molecule has 1 aliphatic heterocycles. The first-order valence-electron chi connectivity index (χ1n) is 14.0. The van der Waals surface area contributed by atoms with Crippen LogP contribution >= 0.6 is 0 Å². The van der Waals surface area contributed by atoms with Gasteiger partial charge in [0.05, 0.1) is 37.3 Å². The minimum Gasteiger partial charge on any atom is -0.497 e. The van der Waals surface area contributed by atoms with Gasteiger partial charge in [0.2, 0.25) is 11.8 Å². The molecule has 1 unspecified atom stereocenters. The lowest BCUT2D eigenvalue weighted by Crippen LogP contribution is -2.33. The van der Waals surface area contributed by atoms with Crippen LogP contribution in [0.3, 0.4) is 0 Å². The van der Waals surface area contributed by atoms with Crippen molar-refractivity contribution in [3.05, 3.63) is 89.6 Å². The summed E-state index contributed by atoms with van der Waals surface area (Å²) in [5, 5.41) is 14.9. The molecule has 3 aromatic carbocycles. The number of ether oxygens (including phenoxy) is 2. The molecule has 1 saturated heterocycles. The van der Waals surface area contributed by atoms with Gasteiger partial charge < -0.3 is 29.4 Å². The molecule has 44 heavy (non-hydrogen) atoms. The van der Waals surface area contributed by atoms with Gasteiger partial charge in [0.1, 0.15) is 34.3 Å². The van der Waals surface area contributed by atoms with Crippen LogP contribution in [0.1, 0.15) is 24.5 Å². The first-order chi connectivity index (χ1) is 21.1. The zero-order valence-electron chi connectivity index (χ0n) is 24.7. The highest BCUT2D eigenvalue weighted by Crippen LogP contribution is 2.39. The fraction of sp³-hybridized carbons (Fsp3) is 0.242. The number of rotatable bonds is 8. The molecule has 2 aromatic heterocycles. The Morgan fingerprint density at radius 2 is 1.75 bits per heavy atom. The molecule has 6 rings (SSSR count). The number of fused-ring (bicyclic) bond motifs is 1. The van der Waals surface area contributed by atoms with Crippen LogP contribution in [-0.2, 0) is 16.8 Å². The van der Waals surface area contributed by atoms with Crippen molar-refractivity contribution in [2.24, 2.45) is 0 Å². The summed E-state index contributed by atoms with van der Waals surface area (Å²) in [6, 6.07) is 16.2. The molecule has 2 N–H and O–H groups in total. The Kier molecular flexibility index (Phi) is 7.32. The van der Waals surface area contributed by atoms with E-state index >= 15 is 0 Å². The number of likely N-dealkylation sites (tertiary alicyclic amines) is 1. The van der Waals surface area contributed by atoms with Gasteiger partial charge >= 0.3 is 0 Å². The monoisotopic (exact) mass is 599 g/mol. The molecule has 0 saturated carbocycles. The molecule has 1 fully saturated rings. The topological polar surface area (TPSA) is 102 Å². The molecule has 1 aliphatic rings. The lowest BCUT2D eigenvalue weighted by atomic mass is 9.81. The van der Waals surface area contributed by atoms with Crippen molar-refractivity contribution in [1.29, 1.82) is 0 Å². The summed E-state index contributed by atoms with van der Waals surface area (Å²) in [5.74, 6) is -0.570. The minimum atomic E-state index is -0.814. The second-order valence-corrected chi connectivity index (χ2v) is 11.0. The van der Waals surface area contributed by atoms with Crippen molar-refractivity contribution >= 4 is 28.3 Å². The molecular formula is C33H31F2N5O4. The number of carbonyl (C=O) groups is 1. The molecule has 0 radical (unpaired) electrons. The fourth-order valence-electron chi connectivity index (χ4n) is 5.69. The van der Waals surface area contributed by atoms with E-state index in [0.717, 1.165) is 23.3 Å². The number of hydrogen-bond acceptors (Lipinski definition) is 7. The van der Waals surface area contributed by atoms with Crippen LogP contribution in [0.2, 0.25) is 0 Å². The quantitative estimate of drug-likeness (QED) is 0.225. The maximum atomic E-state index is 14.8. The maximum Gasteiger partial charge on any atom is 0.232 e. The van der Waals surface area contributed by atoms with Crippen LogP contribution in [0.15, 0.2) is 66.9 Å². The number of benzene rings is 3. The zero-order chi connectivity index (χ0) is 31.2. The van der Waals surface area contributed by atoms with Gasteiger partial charge in [-0.3, -0.25) is 4.79 Å². The van der Waals surface area contributed by atoms with Gasteiger partial charge in [-0.15, -0.1) is 0 Å². The van der Waals surface area contributed by atoms with Crippen molar-refractivity contribution in [1.82, 2.24) is 19.4 Å². The van der Waals surface area contributed by atoms with Crippen LogP contribution in [-0.4, -0.2) is 58.3 Å². The number of nitrogens with one attached hydrogen (secondary N) is 1. The summed E-state index contributed by atoms with van der Waals surface area (Å²) >= 11 is 0. The number of likely N-dealkylation sites (N-methyl/N-ethyl adjacent to an activating group) is 1. The second kappa shape index (κ2) is 11.1. The highest BCUT2D eigenvalue weighted by molar-refractivity contribution is 5.97. The number of anilines is 2. The zero-order valence-corrected chi connectivity index (χ0v) is 24.7. The minimum absolute atomic E-state index is 0.0621. The molecule has 0 spiro atoms. The molecule has 3 heterocycles. The first kappa shape index (κ1) is 28.9. The predicted molar refractivity (Wildman–Crippen MR) is 163 cm³/mol. The molecule has 0 aliphatic carbocycles. The van der Waals surface area contributed by atoms with E-state index in [9.17, 15) is 18.7 Å². The second-order valence-electron chi connectivity index (χ2n) is 11.0. The summed E-state index contributed by atoms with van der Waals surface area (Å²) in [4.78, 5) is 23.5. The SMILES string of the molecule is COc1ccc(Cn2cc3nc(-c4c(F)cccc4F)nc(Nc4ccc(C5(C)CCN(C)C5=O)cc4)c3c2O)c(OC)c1. The molecular weight excluding hydrogens is 568 g/mol. The standard InChI is InChI=1S/C33H31F2N5O4/c1-33(14-15-39(2)32(33)42)20-9-11-21(12-10-20)36-30-28-25(37-29(38-30)27-23(34)6-5-7-24(27)35)18-40(31(28)41)17-19-8-13-22(43-3)16-26(19)44-4/h5-13,16,18,41H,14-15,17H2,1-4H3,(H,36,37,38). The molecule has 226 valence electrons. The molecule has 11 heteroatoms. The molecule has 1 atom stereocenters. The Morgan fingerprint density at radius 3 is 2.39 bits per heavy atom. The van der Waals surface area contributed by atoms with Gasteiger partial charge in [0.25, 0.3) is 0 Å². The van der Waals surface area contributed by atoms with Gasteiger partial charge in [-0.25, -0.2) is 18.7 Å². The highest BCUT2D eigenvalue weighted by atomic mass is 19.1. The van der Waals surface area contributed by atoms with Gasteiger partial charge in [0.15, 0.2) is 5.82 Å². The third-order valence-corrected chi connectivity index (χ3v) is 8.28. The van der Waals surface area contributed by atoms with E-state index in [0.29, 0.717) is 30.2 Å². The third kappa shape index (κ3) is 4.93. The first-order valence-corrected chi connectivity index (χ1v) is 14.0. The van der Waals surface area contributed by atoms with E-state index in [4.69, 9.17) is 9.47 Å². The van der Waals surface area contributed by atoms with Crippen LogP contribution in [0.5, 0.6) is 17.4 Å². The summed E-state index contributed by atoms with van der Waals surface area (Å²) in [6.07, 6.45) is 2.30. The normalized spacial score (nSPS) is 16.5. The number of hydrogen-bond donors (Lipinski definition) is 2. The number of aromatic hydroxyl groups is 1. The number of amides is 1. The summed E-state index contributed by atoms with van der Waals surface area (Å²) < 4.78 is 42.1. The third-order valence-electron chi connectivity index (χ3n) is 8.28. The van der Waals surface area contributed by atoms with Crippen LogP contribution in [0.25, 0.3) is 22.3 Å². The van der Waals surface area contributed by atoms with E-state index in [1.807, 2.05) is 25.1 Å². The number of aromatic nitrogens is 3. The van der Waals surface area contributed by atoms with Gasteiger partial charge in [-0.1, -0.05) is 18.2 Å². The van der Waals surface area contributed by atoms with Crippen molar-refractivity contribution in [2.45, 2.75) is 25.3 Å². The van der Waals surface area contributed by atoms with E-state index in [1.165, 1.54) is 6.07 Å². The molecule has 0 bridgehead atoms. The van der Waals surface area contributed by atoms with Crippen LogP contribution < -0.4 is 14.8 Å². The van der Waals surface area contributed by atoms with Crippen molar-refractivity contribution in [3.8, 4) is 28.8 Å². The summed E-state index contributed by atoms with van der Waals surface area (Å²) in [5.41, 5.74) is 1.50. The van der Waals surface area contributed by atoms with Gasteiger partial charge in [-0.2, -0.15) is 0 Å². The Labute approximate surface area is 252 Å². The van der Waals surface area contributed by atoms with E-state index in [2.05, 4.69) is 15.3 Å². The number of halogens is 2. The van der Waals surface area contributed by atoms with Crippen LogP contribution in [0, 0.1) is 11.6 Å². The van der Waals surface area contributed by atoms with E-state index in [-0.39, 0.29) is 46.4 Å².